The fourth-order valence-corrected chi connectivity index (χ4v) is 3.05. The first-order valence-corrected chi connectivity index (χ1v) is 9.60. The normalized spacial score (nSPS) is 13.3. The van der Waals surface area contributed by atoms with E-state index in [1.807, 2.05) is 31.0 Å². The van der Waals surface area contributed by atoms with Gasteiger partial charge in [0, 0.05) is 12.3 Å². The Morgan fingerprint density at radius 1 is 1.20 bits per heavy atom. The van der Waals surface area contributed by atoms with Gasteiger partial charge < -0.3 is 8.94 Å². The molecule has 25 heavy (non-hydrogen) atoms. The van der Waals surface area contributed by atoms with Crippen LogP contribution in [0.2, 0.25) is 0 Å². The van der Waals surface area contributed by atoms with Crippen LogP contribution >= 0.6 is 0 Å². The molecule has 0 aliphatic carbocycles. The molecule has 0 fully saturated rings. The summed E-state index contributed by atoms with van der Waals surface area (Å²) < 4.78 is 33.6. The van der Waals surface area contributed by atoms with Crippen LogP contribution in [-0.4, -0.2) is 36.8 Å². The molecule has 0 saturated carbocycles. The number of sulfone groups is 1. The second-order valence-corrected chi connectivity index (χ2v) is 7.94. The molecule has 1 aromatic carbocycles. The third-order valence-electron chi connectivity index (χ3n) is 4.05. The number of hydrogen-bond donors (Lipinski definition) is 0. The van der Waals surface area contributed by atoms with E-state index in [0.29, 0.717) is 28.9 Å². The maximum atomic E-state index is 11.5. The molecule has 1 atom stereocenters. The van der Waals surface area contributed by atoms with E-state index in [2.05, 4.69) is 10.1 Å². The summed E-state index contributed by atoms with van der Waals surface area (Å²) in [6.07, 6.45) is 2.75. The van der Waals surface area contributed by atoms with Crippen LogP contribution in [0, 0.1) is 0 Å². The van der Waals surface area contributed by atoms with E-state index in [4.69, 9.17) is 8.94 Å². The van der Waals surface area contributed by atoms with Crippen LogP contribution in [0.1, 0.15) is 24.4 Å². The molecule has 3 rings (SSSR count). The maximum absolute atomic E-state index is 11.5. The lowest BCUT2D eigenvalue weighted by atomic mass is 10.1. The summed E-state index contributed by atoms with van der Waals surface area (Å²) in [6, 6.07) is 10.5. The first kappa shape index (κ1) is 17.4. The highest BCUT2D eigenvalue weighted by atomic mass is 32.2. The zero-order valence-electron chi connectivity index (χ0n) is 14.2. The van der Waals surface area contributed by atoms with Gasteiger partial charge in [-0.15, -0.1) is 0 Å². The predicted octanol–water partition coefficient (Wildman–Crippen LogP) is 2.93. The second kappa shape index (κ2) is 6.81. The molecule has 0 N–H and O–H groups in total. The average Bonchev–Trinajstić information content (AvgIpc) is 3.24. The topological polar surface area (TPSA) is 89.4 Å². The molecule has 0 aliphatic rings. The van der Waals surface area contributed by atoms with E-state index in [1.165, 1.54) is 6.26 Å². The van der Waals surface area contributed by atoms with Gasteiger partial charge in [-0.1, -0.05) is 17.3 Å². The molecule has 132 valence electrons. The zero-order chi connectivity index (χ0) is 18.0. The average molecular weight is 361 g/mol. The smallest absolute Gasteiger partial charge is 0.241 e. The van der Waals surface area contributed by atoms with Crippen molar-refractivity contribution in [2.45, 2.75) is 24.4 Å². The van der Waals surface area contributed by atoms with E-state index in [-0.39, 0.29) is 6.04 Å². The van der Waals surface area contributed by atoms with Gasteiger partial charge in [-0.3, -0.25) is 4.90 Å². The van der Waals surface area contributed by atoms with Crippen LogP contribution in [0.4, 0.5) is 0 Å². The lowest BCUT2D eigenvalue weighted by molar-refractivity contribution is 0.216. The van der Waals surface area contributed by atoms with Gasteiger partial charge in [0.15, 0.2) is 15.6 Å². The van der Waals surface area contributed by atoms with Crippen molar-refractivity contribution in [1.29, 1.82) is 0 Å². The van der Waals surface area contributed by atoms with Crippen molar-refractivity contribution in [3.05, 3.63) is 54.1 Å². The molecular formula is C17H19N3O4S. The van der Waals surface area contributed by atoms with Crippen LogP contribution < -0.4 is 0 Å². The van der Waals surface area contributed by atoms with Crippen LogP contribution in [-0.2, 0) is 16.4 Å². The lowest BCUT2D eigenvalue weighted by Gasteiger charge is -2.23. The summed E-state index contributed by atoms with van der Waals surface area (Å²) in [6.45, 7) is 2.49. The van der Waals surface area contributed by atoms with Crippen molar-refractivity contribution >= 4 is 9.84 Å². The molecule has 7 nitrogen and oxygen atoms in total. The first-order valence-electron chi connectivity index (χ1n) is 7.71. The minimum atomic E-state index is -3.19. The summed E-state index contributed by atoms with van der Waals surface area (Å²) >= 11 is 0. The Morgan fingerprint density at radius 2 is 1.92 bits per heavy atom. The maximum Gasteiger partial charge on any atom is 0.241 e. The van der Waals surface area contributed by atoms with Gasteiger partial charge >= 0.3 is 0 Å². The van der Waals surface area contributed by atoms with Crippen molar-refractivity contribution in [3.63, 3.8) is 0 Å². The predicted molar refractivity (Wildman–Crippen MR) is 91.4 cm³/mol. The highest BCUT2D eigenvalue weighted by Gasteiger charge is 2.17. The van der Waals surface area contributed by atoms with Crippen molar-refractivity contribution in [2.75, 3.05) is 13.3 Å². The Bertz CT molecular complexity index is 931. The van der Waals surface area contributed by atoms with Crippen molar-refractivity contribution in [1.82, 2.24) is 15.0 Å². The second-order valence-electron chi connectivity index (χ2n) is 5.92. The quantitative estimate of drug-likeness (QED) is 0.667. The van der Waals surface area contributed by atoms with E-state index < -0.39 is 9.84 Å². The van der Waals surface area contributed by atoms with E-state index in [1.54, 1.807) is 30.5 Å². The first-order chi connectivity index (χ1) is 11.8. The molecule has 2 heterocycles. The minimum absolute atomic E-state index is 0.0487. The number of rotatable bonds is 6. The van der Waals surface area contributed by atoms with Crippen molar-refractivity contribution in [2.24, 2.45) is 0 Å². The summed E-state index contributed by atoms with van der Waals surface area (Å²) in [5.74, 6) is 1.45. The Balaban J connectivity index is 1.69. The molecule has 0 radical (unpaired) electrons. The lowest BCUT2D eigenvalue weighted by Crippen LogP contribution is -2.22. The molecule has 0 amide bonds. The molecular weight excluding hydrogens is 342 g/mol. The van der Waals surface area contributed by atoms with Gasteiger partial charge in [0.2, 0.25) is 11.7 Å². The SMILES string of the molecule is CC(c1ccc(S(C)(=O)=O)cc1)N(C)Cc1nc(-c2ccco2)no1. The van der Waals surface area contributed by atoms with Crippen LogP contribution in [0.25, 0.3) is 11.6 Å². The Kier molecular flexibility index (Phi) is 4.73. The van der Waals surface area contributed by atoms with Crippen molar-refractivity contribution < 1.29 is 17.4 Å². The van der Waals surface area contributed by atoms with Gasteiger partial charge in [-0.2, -0.15) is 4.98 Å². The molecule has 0 bridgehead atoms. The third-order valence-corrected chi connectivity index (χ3v) is 5.17. The third kappa shape index (κ3) is 3.97. The van der Waals surface area contributed by atoms with Gasteiger partial charge in [-0.05, 0) is 43.8 Å². The number of aromatic nitrogens is 2. The summed E-state index contributed by atoms with van der Waals surface area (Å²) in [5.41, 5.74) is 1.00. The summed E-state index contributed by atoms with van der Waals surface area (Å²) in [5, 5.41) is 3.91. The number of hydrogen-bond acceptors (Lipinski definition) is 7. The van der Waals surface area contributed by atoms with Crippen LogP contribution in [0.5, 0.6) is 0 Å². The minimum Gasteiger partial charge on any atom is -0.461 e. The zero-order valence-corrected chi connectivity index (χ0v) is 15.0. The molecule has 2 aromatic heterocycles. The highest BCUT2D eigenvalue weighted by molar-refractivity contribution is 7.90. The molecule has 0 saturated heterocycles. The molecule has 8 heteroatoms. The summed E-state index contributed by atoms with van der Waals surface area (Å²) in [7, 11) is -1.25. The standard InChI is InChI=1S/C17H19N3O4S/c1-12(13-6-8-14(9-7-13)25(3,21)22)20(2)11-16-18-17(19-24-16)15-5-4-10-23-15/h4-10,12H,11H2,1-3H3. The van der Waals surface area contributed by atoms with E-state index in [9.17, 15) is 8.42 Å². The number of nitrogens with zero attached hydrogens (tertiary/aromatic N) is 3. The number of benzene rings is 1. The van der Waals surface area contributed by atoms with Crippen molar-refractivity contribution in [3.8, 4) is 11.6 Å². The monoisotopic (exact) mass is 361 g/mol. The number of furan rings is 1. The van der Waals surface area contributed by atoms with Crippen LogP contribution in [0.3, 0.4) is 0 Å². The van der Waals surface area contributed by atoms with Gasteiger partial charge in [0.25, 0.3) is 0 Å². The Hall–Kier alpha value is -2.45. The van der Waals surface area contributed by atoms with Gasteiger partial charge in [-0.25, -0.2) is 8.42 Å². The Morgan fingerprint density at radius 3 is 2.52 bits per heavy atom. The van der Waals surface area contributed by atoms with E-state index >= 15 is 0 Å². The molecule has 1 unspecified atom stereocenters. The molecule has 0 spiro atoms. The van der Waals surface area contributed by atoms with E-state index in [0.717, 1.165) is 5.56 Å². The van der Waals surface area contributed by atoms with Gasteiger partial charge in [0.05, 0.1) is 17.7 Å². The fraction of sp³-hybridized carbons (Fsp3) is 0.294. The fourth-order valence-electron chi connectivity index (χ4n) is 2.42. The molecule has 0 aliphatic heterocycles. The highest BCUT2D eigenvalue weighted by Crippen LogP contribution is 2.23. The van der Waals surface area contributed by atoms with Crippen LogP contribution in [0.15, 0.2) is 56.5 Å². The Labute approximate surface area is 146 Å². The van der Waals surface area contributed by atoms with Gasteiger partial charge in [0.1, 0.15) is 0 Å². The molecule has 3 aromatic rings. The largest absolute Gasteiger partial charge is 0.461 e. The summed E-state index contributed by atoms with van der Waals surface area (Å²) in [4.78, 5) is 6.67.